The zero-order valence-electron chi connectivity index (χ0n) is 24.7. The maximum absolute atomic E-state index is 5.04. The van der Waals surface area contributed by atoms with Crippen LogP contribution in [-0.2, 0) is 18.4 Å². The van der Waals surface area contributed by atoms with Crippen molar-refractivity contribution < 1.29 is 0 Å². The topological polar surface area (TPSA) is 17.8 Å². The first-order valence-electron chi connectivity index (χ1n) is 15.8. The number of benzene rings is 2. The van der Waals surface area contributed by atoms with Crippen LogP contribution >= 0.6 is 0 Å². The minimum atomic E-state index is -0.0159. The van der Waals surface area contributed by atoms with Crippen LogP contribution in [0.4, 0.5) is 0 Å². The highest BCUT2D eigenvalue weighted by molar-refractivity contribution is 5.33. The lowest BCUT2D eigenvalue weighted by atomic mass is 9.66. The average molecular weight is 515 g/mol. The molecule has 0 aliphatic rings. The zero-order chi connectivity index (χ0) is 26.9. The minimum absolute atomic E-state index is 0.0159. The van der Waals surface area contributed by atoms with Crippen molar-refractivity contribution in [2.75, 3.05) is 0 Å². The molecule has 0 bridgehead atoms. The maximum Gasteiger partial charge on any atom is 0.112 e. The van der Waals surface area contributed by atoms with Gasteiger partial charge in [-0.2, -0.15) is 0 Å². The van der Waals surface area contributed by atoms with Crippen LogP contribution in [0.5, 0.6) is 0 Å². The van der Waals surface area contributed by atoms with Crippen molar-refractivity contribution in [2.24, 2.45) is 0 Å². The Morgan fingerprint density at radius 2 is 1.24 bits per heavy atom. The lowest BCUT2D eigenvalue weighted by Gasteiger charge is -2.39. The summed E-state index contributed by atoms with van der Waals surface area (Å²) in [6.07, 6.45) is 24.1. The first-order chi connectivity index (χ1) is 18.7. The fourth-order valence-electron chi connectivity index (χ4n) is 6.17. The summed E-state index contributed by atoms with van der Waals surface area (Å²) in [4.78, 5) is 5.04. The molecule has 2 nitrogen and oxygen atoms in total. The van der Waals surface area contributed by atoms with E-state index in [0.29, 0.717) is 5.92 Å². The van der Waals surface area contributed by atoms with Gasteiger partial charge in [-0.3, -0.25) is 0 Å². The normalized spacial score (nSPS) is 13.9. The Labute approximate surface area is 234 Å². The van der Waals surface area contributed by atoms with Gasteiger partial charge in [0.1, 0.15) is 5.82 Å². The molecule has 0 aliphatic carbocycles. The van der Waals surface area contributed by atoms with E-state index < -0.39 is 0 Å². The molecule has 2 aromatic carbocycles. The second kappa shape index (κ2) is 17.3. The van der Waals surface area contributed by atoms with E-state index in [9.17, 15) is 0 Å². The first kappa shape index (κ1) is 30.2. The first-order valence-corrected chi connectivity index (χ1v) is 15.8. The van der Waals surface area contributed by atoms with Crippen molar-refractivity contribution in [3.8, 4) is 0 Å². The van der Waals surface area contributed by atoms with Crippen molar-refractivity contribution in [3.05, 3.63) is 90.0 Å². The summed E-state index contributed by atoms with van der Waals surface area (Å²) in [5.74, 6) is 1.67. The Balaban J connectivity index is 1.65. The Hall–Kier alpha value is -2.35. The molecule has 0 radical (unpaired) electrons. The minimum Gasteiger partial charge on any atom is -0.335 e. The molecule has 1 aromatic heterocycles. The average Bonchev–Trinajstić information content (AvgIpc) is 3.41. The fraction of sp³-hybridized carbons (Fsp3) is 0.583. The predicted octanol–water partition coefficient (Wildman–Crippen LogP) is 10.7. The summed E-state index contributed by atoms with van der Waals surface area (Å²) in [6.45, 7) is 8.18. The van der Waals surface area contributed by atoms with E-state index in [0.717, 1.165) is 13.0 Å². The summed E-state index contributed by atoms with van der Waals surface area (Å²) in [5.41, 5.74) is 2.82. The van der Waals surface area contributed by atoms with Crippen molar-refractivity contribution >= 4 is 0 Å². The van der Waals surface area contributed by atoms with E-state index in [4.69, 9.17) is 4.98 Å². The molecule has 2 unspecified atom stereocenters. The third-order valence-corrected chi connectivity index (χ3v) is 8.52. The Bertz CT molecular complexity index is 977. The van der Waals surface area contributed by atoms with E-state index in [-0.39, 0.29) is 5.41 Å². The second-order valence-electron chi connectivity index (χ2n) is 11.7. The van der Waals surface area contributed by atoms with Crippen LogP contribution in [0.25, 0.3) is 0 Å². The van der Waals surface area contributed by atoms with Gasteiger partial charge in [-0.15, -0.1) is 0 Å². The largest absolute Gasteiger partial charge is 0.335 e. The molecule has 0 spiro atoms. The van der Waals surface area contributed by atoms with E-state index in [1.54, 1.807) is 0 Å². The summed E-state index contributed by atoms with van der Waals surface area (Å²) in [6, 6.07) is 22.3. The quantitative estimate of drug-likeness (QED) is 0.137. The van der Waals surface area contributed by atoms with Gasteiger partial charge < -0.3 is 4.57 Å². The molecular weight excluding hydrogens is 460 g/mol. The SMILES string of the molecule is CCCCCCCCCCCCCn1ccnc1C(CCCC)C(C)(Cc1ccccc1)c1ccccc1. The second-order valence-corrected chi connectivity index (χ2v) is 11.7. The molecule has 0 N–H and O–H groups in total. The molecule has 0 aliphatic heterocycles. The lowest BCUT2D eigenvalue weighted by molar-refractivity contribution is 0.324. The van der Waals surface area contributed by atoms with Crippen LogP contribution < -0.4 is 0 Å². The van der Waals surface area contributed by atoms with Gasteiger partial charge in [0.2, 0.25) is 0 Å². The third-order valence-electron chi connectivity index (χ3n) is 8.52. The number of aryl methyl sites for hydroxylation is 1. The van der Waals surface area contributed by atoms with Gasteiger partial charge in [-0.05, 0) is 30.4 Å². The summed E-state index contributed by atoms with van der Waals surface area (Å²) >= 11 is 0. The number of rotatable bonds is 20. The van der Waals surface area contributed by atoms with Crippen LogP contribution in [0.3, 0.4) is 0 Å². The molecule has 208 valence electrons. The Morgan fingerprint density at radius 3 is 1.84 bits per heavy atom. The molecule has 3 aromatic rings. The number of hydrogen-bond donors (Lipinski definition) is 0. The highest BCUT2D eigenvalue weighted by Crippen LogP contribution is 2.44. The van der Waals surface area contributed by atoms with Gasteiger partial charge >= 0.3 is 0 Å². The maximum atomic E-state index is 5.04. The van der Waals surface area contributed by atoms with E-state index in [2.05, 4.69) is 92.2 Å². The van der Waals surface area contributed by atoms with Crippen LogP contribution in [0.1, 0.15) is 134 Å². The van der Waals surface area contributed by atoms with Crippen molar-refractivity contribution in [1.29, 1.82) is 0 Å². The summed E-state index contributed by atoms with van der Waals surface area (Å²) in [5, 5.41) is 0. The Morgan fingerprint density at radius 1 is 0.684 bits per heavy atom. The number of imidazole rings is 1. The molecular formula is C36H54N2. The third kappa shape index (κ3) is 9.44. The number of nitrogens with zero attached hydrogens (tertiary/aromatic N) is 2. The number of hydrogen-bond acceptors (Lipinski definition) is 1. The number of aromatic nitrogens is 2. The van der Waals surface area contributed by atoms with Crippen LogP contribution in [-0.4, -0.2) is 9.55 Å². The standard InChI is InChI=1S/C36H54N2/c1-4-6-8-9-10-11-12-13-14-15-22-29-38-30-28-37-35(38)34(27-7-5-2)36(3,33-25-20-17-21-26-33)31-32-23-18-16-19-24-32/h16-21,23-26,28,30,34H,4-15,22,27,29,31H2,1-3H3. The van der Waals surface area contributed by atoms with Gasteiger partial charge in [0.25, 0.3) is 0 Å². The molecule has 0 saturated heterocycles. The molecule has 2 atom stereocenters. The molecule has 2 heteroatoms. The predicted molar refractivity (Wildman–Crippen MR) is 165 cm³/mol. The Kier molecular flexibility index (Phi) is 13.7. The van der Waals surface area contributed by atoms with Crippen LogP contribution in [0, 0.1) is 0 Å². The molecule has 38 heavy (non-hydrogen) atoms. The molecule has 1 heterocycles. The molecule has 0 amide bonds. The van der Waals surface area contributed by atoms with Gasteiger partial charge in [0, 0.05) is 30.3 Å². The summed E-state index contributed by atoms with van der Waals surface area (Å²) in [7, 11) is 0. The van der Waals surface area contributed by atoms with E-state index in [1.165, 1.54) is 107 Å². The smallest absolute Gasteiger partial charge is 0.112 e. The lowest BCUT2D eigenvalue weighted by Crippen LogP contribution is -2.35. The molecule has 0 saturated carbocycles. The molecule has 0 fully saturated rings. The summed E-state index contributed by atoms with van der Waals surface area (Å²) < 4.78 is 2.49. The van der Waals surface area contributed by atoms with Crippen molar-refractivity contribution in [2.45, 2.75) is 135 Å². The highest BCUT2D eigenvalue weighted by atomic mass is 15.1. The van der Waals surface area contributed by atoms with Gasteiger partial charge in [0.05, 0.1) is 0 Å². The monoisotopic (exact) mass is 514 g/mol. The van der Waals surface area contributed by atoms with Gasteiger partial charge in [-0.25, -0.2) is 4.98 Å². The molecule has 3 rings (SSSR count). The van der Waals surface area contributed by atoms with Gasteiger partial charge in [0.15, 0.2) is 0 Å². The van der Waals surface area contributed by atoms with Crippen LogP contribution in [0.15, 0.2) is 73.1 Å². The number of unbranched alkanes of at least 4 members (excludes halogenated alkanes) is 11. The highest BCUT2D eigenvalue weighted by Gasteiger charge is 2.39. The van der Waals surface area contributed by atoms with Crippen molar-refractivity contribution in [1.82, 2.24) is 9.55 Å². The van der Waals surface area contributed by atoms with Crippen molar-refractivity contribution in [3.63, 3.8) is 0 Å². The van der Waals surface area contributed by atoms with E-state index >= 15 is 0 Å². The zero-order valence-corrected chi connectivity index (χ0v) is 24.7. The fourth-order valence-corrected chi connectivity index (χ4v) is 6.17. The van der Waals surface area contributed by atoms with Crippen LogP contribution in [0.2, 0.25) is 0 Å². The van der Waals surface area contributed by atoms with Gasteiger partial charge in [-0.1, -0.05) is 158 Å². The van der Waals surface area contributed by atoms with E-state index in [1.807, 2.05) is 6.20 Å².